The van der Waals surface area contributed by atoms with Crippen LogP contribution in [0.1, 0.15) is 0 Å². The van der Waals surface area contributed by atoms with Gasteiger partial charge in [0.1, 0.15) is 0 Å². The average Bonchev–Trinajstić information content (AvgIpc) is 2.91. The monoisotopic (exact) mass is 543 g/mol. The van der Waals surface area contributed by atoms with Gasteiger partial charge in [0.25, 0.3) is 5.69 Å². The highest BCUT2D eigenvalue weighted by molar-refractivity contribution is 7.81. The molecular formula is C26H21N7O3S2. The third kappa shape index (κ3) is 7.29. The first kappa shape index (κ1) is 26.1. The molecule has 4 aromatic carbocycles. The number of hydrogen-bond donors (Lipinski definition) is 5. The third-order valence-electron chi connectivity index (χ3n) is 5.00. The maximum Gasteiger partial charge on any atom is 0.269 e. The maximum atomic E-state index is 11.0. The Kier molecular flexibility index (Phi) is 8.49. The van der Waals surface area contributed by atoms with Gasteiger partial charge in [-0.15, -0.1) is 0 Å². The summed E-state index contributed by atoms with van der Waals surface area (Å²) >= 11 is 10.8. The molecule has 4 aromatic rings. The molecule has 0 saturated carbocycles. The van der Waals surface area contributed by atoms with Crippen molar-refractivity contribution in [2.45, 2.75) is 0 Å². The van der Waals surface area contributed by atoms with Crippen molar-refractivity contribution in [1.29, 1.82) is 0 Å². The van der Waals surface area contributed by atoms with Gasteiger partial charge in [-0.25, -0.2) is 0 Å². The van der Waals surface area contributed by atoms with Crippen molar-refractivity contribution in [3.05, 3.63) is 107 Å². The summed E-state index contributed by atoms with van der Waals surface area (Å²) in [7, 11) is 0. The molecule has 0 atom stereocenters. The molecule has 0 unspecified atom stereocenters. The molecule has 0 aromatic heterocycles. The summed E-state index contributed by atoms with van der Waals surface area (Å²) in [6, 6.07) is 27.4. The number of nitro groups is 1. The molecule has 190 valence electrons. The molecular weight excluding hydrogens is 522 g/mol. The molecule has 0 aliphatic rings. The molecule has 0 bridgehead atoms. The summed E-state index contributed by atoms with van der Waals surface area (Å²) in [6.07, 6.45) is 0. The standard InChI is InChI=1S/C26H21N7O3S2/c34-24-22(29-25(37)27-17-7-3-1-4-8-17)15-20(32-31-19-11-13-21(14-12-19)33(35)36)16-23(24)30-26(38)28-18-9-5-2-6-10-18/h1-16,34H,(H2,27,29,37)(H2,28,30,38). The number of nitrogens with one attached hydrogen (secondary N) is 4. The summed E-state index contributed by atoms with van der Waals surface area (Å²) in [6.45, 7) is 0. The number of azo groups is 1. The Bertz CT molecular complexity index is 1410. The lowest BCUT2D eigenvalue weighted by Crippen LogP contribution is -2.21. The van der Waals surface area contributed by atoms with Gasteiger partial charge >= 0.3 is 0 Å². The number of hydrogen-bond acceptors (Lipinski definition) is 7. The van der Waals surface area contributed by atoms with E-state index < -0.39 is 4.92 Å². The third-order valence-corrected chi connectivity index (χ3v) is 5.40. The molecule has 0 fully saturated rings. The summed E-state index contributed by atoms with van der Waals surface area (Å²) in [5, 5.41) is 42.8. The van der Waals surface area contributed by atoms with Gasteiger partial charge in [-0.2, -0.15) is 10.2 Å². The molecule has 0 amide bonds. The van der Waals surface area contributed by atoms with E-state index in [0.29, 0.717) is 11.4 Å². The first-order valence-corrected chi connectivity index (χ1v) is 12.0. The van der Waals surface area contributed by atoms with Gasteiger partial charge in [0.2, 0.25) is 0 Å². The van der Waals surface area contributed by atoms with Gasteiger partial charge < -0.3 is 26.4 Å². The van der Waals surface area contributed by atoms with Crippen LogP contribution in [0.4, 0.5) is 39.8 Å². The zero-order valence-corrected chi connectivity index (χ0v) is 21.3. The molecule has 12 heteroatoms. The van der Waals surface area contributed by atoms with E-state index in [1.54, 1.807) is 12.1 Å². The second-order valence-corrected chi connectivity index (χ2v) is 8.57. The lowest BCUT2D eigenvalue weighted by molar-refractivity contribution is -0.384. The second-order valence-electron chi connectivity index (χ2n) is 7.75. The van der Waals surface area contributed by atoms with Gasteiger partial charge in [-0.3, -0.25) is 10.1 Å². The highest BCUT2D eigenvalue weighted by Gasteiger charge is 2.14. The number of benzene rings is 4. The number of anilines is 4. The topological polar surface area (TPSA) is 136 Å². The van der Waals surface area contributed by atoms with Crippen LogP contribution in [0.25, 0.3) is 0 Å². The first-order chi connectivity index (χ1) is 18.4. The van der Waals surface area contributed by atoms with Crippen LogP contribution in [0.2, 0.25) is 0 Å². The predicted octanol–water partition coefficient (Wildman–Crippen LogP) is 7.33. The molecule has 4 rings (SSSR count). The van der Waals surface area contributed by atoms with Crippen molar-refractivity contribution in [2.24, 2.45) is 10.2 Å². The number of phenolic OH excluding ortho intramolecular Hbond substituents is 1. The molecule has 0 aliphatic heterocycles. The smallest absolute Gasteiger partial charge is 0.269 e. The second kappa shape index (κ2) is 12.3. The Balaban J connectivity index is 1.59. The molecule has 0 saturated heterocycles. The van der Waals surface area contributed by atoms with Gasteiger partial charge in [0.15, 0.2) is 16.0 Å². The largest absolute Gasteiger partial charge is 0.504 e. The molecule has 5 N–H and O–H groups in total. The van der Waals surface area contributed by atoms with Gasteiger partial charge in [0.05, 0.1) is 27.7 Å². The van der Waals surface area contributed by atoms with Crippen LogP contribution in [0.3, 0.4) is 0 Å². The van der Waals surface area contributed by atoms with E-state index in [1.807, 2.05) is 60.7 Å². The van der Waals surface area contributed by atoms with Gasteiger partial charge in [-0.05, 0) is 73.0 Å². The summed E-state index contributed by atoms with van der Waals surface area (Å²) < 4.78 is 0. The van der Waals surface area contributed by atoms with Crippen LogP contribution in [-0.2, 0) is 0 Å². The van der Waals surface area contributed by atoms with Crippen LogP contribution in [0, 0.1) is 10.1 Å². The van der Waals surface area contributed by atoms with Crippen molar-refractivity contribution >= 4 is 74.5 Å². The van der Waals surface area contributed by atoms with E-state index in [1.165, 1.54) is 24.3 Å². The Morgan fingerprint density at radius 3 is 1.58 bits per heavy atom. The highest BCUT2D eigenvalue weighted by Crippen LogP contribution is 2.38. The maximum absolute atomic E-state index is 11.0. The zero-order chi connectivity index (χ0) is 26.9. The van der Waals surface area contributed by atoms with Crippen molar-refractivity contribution in [3.63, 3.8) is 0 Å². The van der Waals surface area contributed by atoms with E-state index >= 15 is 0 Å². The zero-order valence-electron chi connectivity index (χ0n) is 19.7. The van der Waals surface area contributed by atoms with Crippen LogP contribution < -0.4 is 21.3 Å². The number of rotatable bonds is 7. The Labute approximate surface area is 228 Å². The number of aromatic hydroxyl groups is 1. The van der Waals surface area contributed by atoms with Crippen LogP contribution in [0.5, 0.6) is 5.75 Å². The fourth-order valence-corrected chi connectivity index (χ4v) is 3.69. The highest BCUT2D eigenvalue weighted by atomic mass is 32.1. The van der Waals surface area contributed by atoms with Crippen molar-refractivity contribution in [2.75, 3.05) is 21.3 Å². The van der Waals surface area contributed by atoms with Crippen LogP contribution in [0.15, 0.2) is 107 Å². The molecule has 0 spiro atoms. The van der Waals surface area contributed by atoms with Gasteiger partial charge in [0, 0.05) is 23.5 Å². The van der Waals surface area contributed by atoms with Crippen molar-refractivity contribution in [1.82, 2.24) is 0 Å². The van der Waals surface area contributed by atoms with Crippen LogP contribution >= 0.6 is 24.4 Å². The number of non-ortho nitro benzene ring substituents is 1. The fourth-order valence-electron chi connectivity index (χ4n) is 3.24. The Morgan fingerprint density at radius 1 is 0.684 bits per heavy atom. The van der Waals surface area contributed by atoms with E-state index in [9.17, 15) is 15.2 Å². The minimum absolute atomic E-state index is 0.0505. The Hall–Kier alpha value is -4.94. The molecule has 0 heterocycles. The van der Waals surface area contributed by atoms with Crippen molar-refractivity contribution < 1.29 is 10.0 Å². The number of thiocarbonyl (C=S) groups is 2. The lowest BCUT2D eigenvalue weighted by Gasteiger charge is -2.16. The fraction of sp³-hybridized carbons (Fsp3) is 0. The number of phenols is 1. The Morgan fingerprint density at radius 2 is 1.13 bits per heavy atom. The van der Waals surface area contributed by atoms with Crippen LogP contribution in [-0.4, -0.2) is 20.3 Å². The van der Waals surface area contributed by atoms with E-state index in [2.05, 4.69) is 31.5 Å². The summed E-state index contributed by atoms with van der Waals surface area (Å²) in [5.41, 5.74) is 2.76. The van der Waals surface area contributed by atoms with E-state index in [0.717, 1.165) is 11.4 Å². The van der Waals surface area contributed by atoms with E-state index in [4.69, 9.17) is 24.4 Å². The average molecular weight is 544 g/mol. The summed E-state index contributed by atoms with van der Waals surface area (Å²) in [5.74, 6) is -0.145. The SMILES string of the molecule is O=[N+]([O-])c1ccc(N=Nc2cc(NC(=S)Nc3ccccc3)c(O)c(NC(=S)Nc3ccccc3)c2)cc1. The normalized spacial score (nSPS) is 10.5. The first-order valence-electron chi connectivity index (χ1n) is 11.2. The quantitative estimate of drug-likeness (QED) is 0.0533. The molecule has 0 radical (unpaired) electrons. The number of para-hydroxylation sites is 2. The summed E-state index contributed by atoms with van der Waals surface area (Å²) in [4.78, 5) is 10.4. The number of nitro benzene ring substituents is 1. The van der Waals surface area contributed by atoms with Crippen molar-refractivity contribution in [3.8, 4) is 5.75 Å². The predicted molar refractivity (Wildman–Crippen MR) is 158 cm³/mol. The van der Waals surface area contributed by atoms with Gasteiger partial charge in [-0.1, -0.05) is 36.4 Å². The minimum Gasteiger partial charge on any atom is -0.504 e. The molecule has 0 aliphatic carbocycles. The molecule has 10 nitrogen and oxygen atoms in total. The molecule has 38 heavy (non-hydrogen) atoms. The lowest BCUT2D eigenvalue weighted by atomic mass is 10.2. The minimum atomic E-state index is -0.491. The number of nitrogens with zero attached hydrogens (tertiary/aromatic N) is 3. The van der Waals surface area contributed by atoms with E-state index in [-0.39, 0.29) is 33.0 Å².